The van der Waals surface area contributed by atoms with E-state index >= 15 is 0 Å². The lowest BCUT2D eigenvalue weighted by atomic mass is 10.1. The second-order valence-electron chi connectivity index (χ2n) is 5.41. The van der Waals surface area contributed by atoms with E-state index in [1.165, 1.54) is 19.2 Å². The maximum atomic E-state index is 12.2. The first kappa shape index (κ1) is 18.6. The van der Waals surface area contributed by atoms with E-state index in [9.17, 15) is 18.0 Å². The molecule has 2 rings (SSSR count). The smallest absolute Gasteiger partial charge is 0.422 e. The van der Waals surface area contributed by atoms with Gasteiger partial charge in [-0.25, -0.2) is 0 Å². The van der Waals surface area contributed by atoms with Crippen molar-refractivity contribution in [3.05, 3.63) is 59.2 Å². The standard InChI is InChI=1S/C18H18F3NO3/c1-12-3-6-14(9-16(12)24-2)17(23)22-10-13-4-7-15(8-5-13)25-11-18(19,20)21/h3-9H,10-11H2,1-2H3,(H,22,23). The molecule has 1 amide bonds. The molecule has 2 aromatic rings. The molecule has 134 valence electrons. The van der Waals surface area contributed by atoms with Crippen molar-refractivity contribution in [2.75, 3.05) is 13.7 Å². The van der Waals surface area contributed by atoms with Crippen LogP contribution in [0, 0.1) is 6.92 Å². The van der Waals surface area contributed by atoms with Gasteiger partial charge in [-0.05, 0) is 42.3 Å². The number of alkyl halides is 3. The molecule has 0 aliphatic carbocycles. The minimum atomic E-state index is -4.37. The molecular formula is C18H18F3NO3. The number of halogens is 3. The van der Waals surface area contributed by atoms with Crippen molar-refractivity contribution in [3.8, 4) is 11.5 Å². The third-order valence-corrected chi connectivity index (χ3v) is 3.45. The lowest BCUT2D eigenvalue weighted by Gasteiger charge is -2.10. The second-order valence-corrected chi connectivity index (χ2v) is 5.41. The van der Waals surface area contributed by atoms with Crippen LogP contribution >= 0.6 is 0 Å². The first-order chi connectivity index (χ1) is 11.8. The van der Waals surface area contributed by atoms with E-state index in [0.717, 1.165) is 11.1 Å². The van der Waals surface area contributed by atoms with Gasteiger partial charge < -0.3 is 14.8 Å². The highest BCUT2D eigenvalue weighted by molar-refractivity contribution is 5.94. The normalized spacial score (nSPS) is 11.1. The highest BCUT2D eigenvalue weighted by Gasteiger charge is 2.28. The van der Waals surface area contributed by atoms with Crippen LogP contribution in [0.2, 0.25) is 0 Å². The van der Waals surface area contributed by atoms with E-state index in [2.05, 4.69) is 10.1 Å². The Balaban J connectivity index is 1.91. The van der Waals surface area contributed by atoms with E-state index in [1.807, 2.05) is 6.92 Å². The van der Waals surface area contributed by atoms with E-state index in [0.29, 0.717) is 11.3 Å². The number of ether oxygens (including phenoxy) is 2. The lowest BCUT2D eigenvalue weighted by molar-refractivity contribution is -0.153. The number of aryl methyl sites for hydroxylation is 1. The molecule has 0 unspecified atom stereocenters. The molecule has 0 fully saturated rings. The predicted molar refractivity (Wildman–Crippen MR) is 86.9 cm³/mol. The summed E-state index contributed by atoms with van der Waals surface area (Å²) < 4.78 is 46.1. The molecule has 2 aromatic carbocycles. The number of carbonyl (C=O) groups is 1. The number of hydrogen-bond donors (Lipinski definition) is 1. The molecule has 0 aliphatic rings. The largest absolute Gasteiger partial charge is 0.496 e. The molecule has 0 radical (unpaired) electrons. The molecule has 0 aromatic heterocycles. The van der Waals surface area contributed by atoms with Crippen molar-refractivity contribution in [3.63, 3.8) is 0 Å². The highest BCUT2D eigenvalue weighted by Crippen LogP contribution is 2.20. The van der Waals surface area contributed by atoms with Gasteiger partial charge >= 0.3 is 6.18 Å². The fourth-order valence-electron chi connectivity index (χ4n) is 2.11. The van der Waals surface area contributed by atoms with Gasteiger partial charge in [0.05, 0.1) is 7.11 Å². The average molecular weight is 353 g/mol. The first-order valence-electron chi connectivity index (χ1n) is 7.50. The molecule has 1 N–H and O–H groups in total. The summed E-state index contributed by atoms with van der Waals surface area (Å²) in [6, 6.07) is 11.2. The van der Waals surface area contributed by atoms with Crippen LogP contribution in [-0.2, 0) is 6.54 Å². The van der Waals surface area contributed by atoms with Crippen LogP contribution in [0.3, 0.4) is 0 Å². The fraction of sp³-hybridized carbons (Fsp3) is 0.278. The zero-order valence-electron chi connectivity index (χ0n) is 13.8. The maximum absolute atomic E-state index is 12.2. The molecule has 25 heavy (non-hydrogen) atoms. The highest BCUT2D eigenvalue weighted by atomic mass is 19.4. The van der Waals surface area contributed by atoms with E-state index in [1.54, 1.807) is 30.3 Å². The van der Waals surface area contributed by atoms with Crippen molar-refractivity contribution in [1.82, 2.24) is 5.32 Å². The predicted octanol–water partition coefficient (Wildman–Crippen LogP) is 3.87. The SMILES string of the molecule is COc1cc(C(=O)NCc2ccc(OCC(F)(F)F)cc2)ccc1C. The molecule has 4 nitrogen and oxygen atoms in total. The number of nitrogens with one attached hydrogen (secondary N) is 1. The molecule has 7 heteroatoms. The zero-order valence-corrected chi connectivity index (χ0v) is 13.8. The third-order valence-electron chi connectivity index (χ3n) is 3.45. The summed E-state index contributed by atoms with van der Waals surface area (Å²) in [5.41, 5.74) is 2.13. The van der Waals surface area contributed by atoms with Gasteiger partial charge in [0, 0.05) is 12.1 Å². The van der Waals surface area contributed by atoms with Crippen LogP contribution in [0.5, 0.6) is 11.5 Å². The summed E-state index contributed by atoms with van der Waals surface area (Å²) >= 11 is 0. The topological polar surface area (TPSA) is 47.6 Å². The molecule has 0 saturated carbocycles. The Morgan fingerprint density at radius 3 is 2.40 bits per heavy atom. The van der Waals surface area contributed by atoms with Crippen LogP contribution in [0.4, 0.5) is 13.2 Å². The van der Waals surface area contributed by atoms with Gasteiger partial charge in [0.25, 0.3) is 5.91 Å². The number of rotatable bonds is 6. The maximum Gasteiger partial charge on any atom is 0.422 e. The van der Waals surface area contributed by atoms with Crippen LogP contribution in [0.15, 0.2) is 42.5 Å². The van der Waals surface area contributed by atoms with Gasteiger partial charge in [-0.15, -0.1) is 0 Å². The van der Waals surface area contributed by atoms with Gasteiger partial charge in [-0.1, -0.05) is 18.2 Å². The Hall–Kier alpha value is -2.70. The van der Waals surface area contributed by atoms with Crippen LogP contribution in [-0.4, -0.2) is 25.8 Å². The summed E-state index contributed by atoms with van der Waals surface area (Å²) in [6.07, 6.45) is -4.37. The van der Waals surface area contributed by atoms with Gasteiger partial charge in [0.15, 0.2) is 6.61 Å². The average Bonchev–Trinajstić information content (AvgIpc) is 2.58. The molecule has 0 heterocycles. The van der Waals surface area contributed by atoms with Crippen LogP contribution in [0.1, 0.15) is 21.5 Å². The monoisotopic (exact) mass is 353 g/mol. The first-order valence-corrected chi connectivity index (χ1v) is 7.50. The molecule has 0 bridgehead atoms. The number of carbonyl (C=O) groups excluding carboxylic acids is 1. The van der Waals surface area contributed by atoms with Gasteiger partial charge in [0.1, 0.15) is 11.5 Å². The number of benzene rings is 2. The molecule has 0 saturated heterocycles. The fourth-order valence-corrected chi connectivity index (χ4v) is 2.11. The number of hydrogen-bond acceptors (Lipinski definition) is 3. The van der Waals surface area contributed by atoms with E-state index < -0.39 is 12.8 Å². The van der Waals surface area contributed by atoms with Crippen LogP contribution < -0.4 is 14.8 Å². The van der Waals surface area contributed by atoms with Crippen molar-refractivity contribution >= 4 is 5.91 Å². The van der Waals surface area contributed by atoms with Gasteiger partial charge in [-0.2, -0.15) is 13.2 Å². The Morgan fingerprint density at radius 1 is 1.12 bits per heavy atom. The summed E-state index contributed by atoms with van der Waals surface area (Å²) in [5, 5.41) is 2.75. The Bertz CT molecular complexity index is 727. The Labute approximate surface area is 143 Å². The minimum absolute atomic E-state index is 0.121. The Morgan fingerprint density at radius 2 is 1.80 bits per heavy atom. The van der Waals surface area contributed by atoms with E-state index in [-0.39, 0.29) is 18.2 Å². The molecular weight excluding hydrogens is 335 g/mol. The summed E-state index contributed by atoms with van der Waals surface area (Å²) in [5.74, 6) is 0.477. The van der Waals surface area contributed by atoms with Crippen LogP contribution in [0.25, 0.3) is 0 Å². The molecule has 0 atom stereocenters. The third kappa shape index (κ3) is 5.70. The second kappa shape index (κ2) is 7.92. The zero-order chi connectivity index (χ0) is 18.4. The van der Waals surface area contributed by atoms with Gasteiger partial charge in [0.2, 0.25) is 0 Å². The quantitative estimate of drug-likeness (QED) is 0.857. The molecule has 0 spiro atoms. The summed E-state index contributed by atoms with van der Waals surface area (Å²) in [6.45, 7) is 0.788. The van der Waals surface area contributed by atoms with Crippen molar-refractivity contribution in [2.24, 2.45) is 0 Å². The minimum Gasteiger partial charge on any atom is -0.496 e. The lowest BCUT2D eigenvalue weighted by Crippen LogP contribution is -2.22. The van der Waals surface area contributed by atoms with Crippen molar-refractivity contribution in [1.29, 1.82) is 0 Å². The molecule has 0 aliphatic heterocycles. The van der Waals surface area contributed by atoms with Crippen molar-refractivity contribution in [2.45, 2.75) is 19.6 Å². The summed E-state index contributed by atoms with van der Waals surface area (Å²) in [7, 11) is 1.53. The van der Waals surface area contributed by atoms with Crippen molar-refractivity contribution < 1.29 is 27.4 Å². The summed E-state index contributed by atoms with van der Waals surface area (Å²) in [4.78, 5) is 12.2. The number of amides is 1. The number of methoxy groups -OCH3 is 1. The van der Waals surface area contributed by atoms with E-state index in [4.69, 9.17) is 4.74 Å². The van der Waals surface area contributed by atoms with Gasteiger partial charge in [-0.3, -0.25) is 4.79 Å². The Kier molecular flexibility index (Phi) is 5.90.